The topological polar surface area (TPSA) is 0 Å². The molecule has 28 heavy (non-hydrogen) atoms. The molecule has 0 atom stereocenters. The highest BCUT2D eigenvalue weighted by molar-refractivity contribution is 6.16. The Hall–Kier alpha value is -3.64. The van der Waals surface area contributed by atoms with Gasteiger partial charge in [0.05, 0.1) is 0 Å². The van der Waals surface area contributed by atoms with E-state index in [9.17, 15) is 0 Å². The molecule has 0 heterocycles. The molecule has 0 aliphatic heterocycles. The Morgan fingerprint density at radius 3 is 1.82 bits per heavy atom. The first kappa shape index (κ1) is 15.4. The minimum atomic E-state index is 1.23. The molecular formula is C28H17. The van der Waals surface area contributed by atoms with Crippen molar-refractivity contribution in [2.24, 2.45) is 0 Å². The van der Waals surface area contributed by atoms with Gasteiger partial charge in [-0.2, -0.15) is 0 Å². The molecule has 0 fully saturated rings. The molecule has 129 valence electrons. The molecular weight excluding hydrogens is 336 g/mol. The average molecular weight is 353 g/mol. The lowest BCUT2D eigenvalue weighted by Crippen LogP contribution is -1.84. The summed E-state index contributed by atoms with van der Waals surface area (Å²) in [4.78, 5) is 0. The Morgan fingerprint density at radius 2 is 1.04 bits per heavy atom. The quantitative estimate of drug-likeness (QED) is 0.209. The van der Waals surface area contributed by atoms with Crippen LogP contribution >= 0.6 is 0 Å². The second-order valence-corrected chi connectivity index (χ2v) is 7.37. The van der Waals surface area contributed by atoms with E-state index in [4.69, 9.17) is 0 Å². The summed E-state index contributed by atoms with van der Waals surface area (Å²) in [6.45, 7) is 0. The predicted octanol–water partition coefficient (Wildman–Crippen LogP) is 7.77. The van der Waals surface area contributed by atoms with Crippen molar-refractivity contribution < 1.29 is 0 Å². The van der Waals surface area contributed by atoms with E-state index in [1.54, 1.807) is 0 Å². The van der Waals surface area contributed by atoms with Gasteiger partial charge in [-0.1, -0.05) is 78.9 Å². The predicted molar refractivity (Wildman–Crippen MR) is 121 cm³/mol. The highest BCUT2D eigenvalue weighted by Crippen LogP contribution is 2.35. The van der Waals surface area contributed by atoms with E-state index >= 15 is 0 Å². The third-order valence-corrected chi connectivity index (χ3v) is 5.73. The van der Waals surface area contributed by atoms with Crippen molar-refractivity contribution in [3.05, 3.63) is 109 Å². The summed E-state index contributed by atoms with van der Waals surface area (Å²) < 4.78 is 0. The van der Waals surface area contributed by atoms with E-state index in [1.807, 2.05) is 12.1 Å². The molecule has 0 saturated carbocycles. The van der Waals surface area contributed by atoms with Crippen LogP contribution in [0, 0.1) is 6.07 Å². The summed E-state index contributed by atoms with van der Waals surface area (Å²) in [6, 6.07) is 40.3. The van der Waals surface area contributed by atoms with E-state index in [-0.39, 0.29) is 0 Å². The van der Waals surface area contributed by atoms with Crippen LogP contribution in [0.2, 0.25) is 0 Å². The van der Waals surface area contributed by atoms with Crippen LogP contribution in [0.5, 0.6) is 0 Å². The first-order chi connectivity index (χ1) is 13.9. The number of hydrogen-bond donors (Lipinski definition) is 0. The first-order valence-electron chi connectivity index (χ1n) is 9.61. The summed E-state index contributed by atoms with van der Waals surface area (Å²) in [5.74, 6) is 0. The lowest BCUT2D eigenvalue weighted by Gasteiger charge is -2.11. The molecule has 0 spiro atoms. The fraction of sp³-hybridized carbons (Fsp3) is 0. The molecule has 0 aliphatic carbocycles. The van der Waals surface area contributed by atoms with Gasteiger partial charge in [0.25, 0.3) is 0 Å². The van der Waals surface area contributed by atoms with E-state index < -0.39 is 0 Å². The third kappa shape index (κ3) is 2.32. The maximum atomic E-state index is 3.12. The fourth-order valence-corrected chi connectivity index (χ4v) is 4.34. The van der Waals surface area contributed by atoms with Gasteiger partial charge < -0.3 is 0 Å². The normalized spacial score (nSPS) is 11.6. The molecule has 0 heteroatoms. The van der Waals surface area contributed by atoms with Crippen LogP contribution in [0.25, 0.3) is 54.2 Å². The monoisotopic (exact) mass is 353 g/mol. The Kier molecular flexibility index (Phi) is 3.27. The molecule has 0 bridgehead atoms. The molecule has 0 nitrogen and oxygen atoms in total. The molecule has 6 aromatic rings. The van der Waals surface area contributed by atoms with E-state index in [2.05, 4.69) is 97.1 Å². The van der Waals surface area contributed by atoms with Crippen LogP contribution in [0.3, 0.4) is 0 Å². The number of fused-ring (bicyclic) bond motifs is 5. The van der Waals surface area contributed by atoms with Crippen LogP contribution in [-0.4, -0.2) is 0 Å². The SMILES string of the molecule is [c]1ccc(-c2cccc3cc4ccc5cc6ccccc6cc5c4cc23)cc1. The zero-order chi connectivity index (χ0) is 18.5. The minimum absolute atomic E-state index is 1.23. The summed E-state index contributed by atoms with van der Waals surface area (Å²) >= 11 is 0. The Bertz CT molecular complexity index is 1490. The van der Waals surface area contributed by atoms with Crippen LogP contribution < -0.4 is 0 Å². The lowest BCUT2D eigenvalue weighted by molar-refractivity contribution is 1.65. The van der Waals surface area contributed by atoms with Crippen molar-refractivity contribution in [1.29, 1.82) is 0 Å². The van der Waals surface area contributed by atoms with Gasteiger partial charge in [0.1, 0.15) is 0 Å². The number of rotatable bonds is 1. The van der Waals surface area contributed by atoms with Crippen molar-refractivity contribution in [1.82, 2.24) is 0 Å². The van der Waals surface area contributed by atoms with Gasteiger partial charge in [0.15, 0.2) is 0 Å². The number of benzene rings is 6. The third-order valence-electron chi connectivity index (χ3n) is 5.73. The second kappa shape index (κ2) is 5.94. The molecule has 6 aromatic carbocycles. The lowest BCUT2D eigenvalue weighted by atomic mass is 9.93. The Labute approximate surface area is 163 Å². The maximum Gasteiger partial charge on any atom is -0.00986 e. The van der Waals surface area contributed by atoms with Gasteiger partial charge in [-0.3, -0.25) is 0 Å². The molecule has 6 rings (SSSR count). The molecule has 0 N–H and O–H groups in total. The average Bonchev–Trinajstić information content (AvgIpc) is 2.76. The van der Waals surface area contributed by atoms with Crippen LogP contribution in [-0.2, 0) is 0 Å². The zero-order valence-corrected chi connectivity index (χ0v) is 15.3. The fourth-order valence-electron chi connectivity index (χ4n) is 4.34. The zero-order valence-electron chi connectivity index (χ0n) is 15.3. The van der Waals surface area contributed by atoms with Gasteiger partial charge in [-0.25, -0.2) is 0 Å². The Balaban J connectivity index is 1.75. The summed E-state index contributed by atoms with van der Waals surface area (Å²) in [5.41, 5.74) is 2.50. The second-order valence-electron chi connectivity index (χ2n) is 7.37. The highest BCUT2D eigenvalue weighted by Gasteiger charge is 2.08. The molecule has 0 amide bonds. The van der Waals surface area contributed by atoms with Crippen LogP contribution in [0.1, 0.15) is 0 Å². The minimum Gasteiger partial charge on any atom is -0.0616 e. The van der Waals surface area contributed by atoms with E-state index in [0.29, 0.717) is 0 Å². The summed E-state index contributed by atoms with van der Waals surface area (Å²) in [6.07, 6.45) is 0. The molecule has 0 aromatic heterocycles. The maximum absolute atomic E-state index is 3.12. The van der Waals surface area contributed by atoms with Gasteiger partial charge in [0, 0.05) is 0 Å². The molecule has 1 radical (unpaired) electrons. The van der Waals surface area contributed by atoms with Crippen LogP contribution in [0.15, 0.2) is 103 Å². The van der Waals surface area contributed by atoms with E-state index in [1.165, 1.54) is 54.2 Å². The van der Waals surface area contributed by atoms with Crippen molar-refractivity contribution in [2.45, 2.75) is 0 Å². The van der Waals surface area contributed by atoms with Gasteiger partial charge >= 0.3 is 0 Å². The molecule has 0 saturated heterocycles. The van der Waals surface area contributed by atoms with Crippen molar-refractivity contribution in [3.8, 4) is 11.1 Å². The first-order valence-corrected chi connectivity index (χ1v) is 9.61. The summed E-state index contributed by atoms with van der Waals surface area (Å²) in [5, 5.41) is 10.3. The van der Waals surface area contributed by atoms with Gasteiger partial charge in [0.2, 0.25) is 0 Å². The van der Waals surface area contributed by atoms with Gasteiger partial charge in [-0.15, -0.1) is 0 Å². The standard InChI is InChI=1S/C28H17/c1-2-7-19(8-3-1)25-12-6-11-22-16-24-14-13-23-15-20-9-4-5-10-21(20)17-26(23)28(24)18-27(22)25/h2-18H. The Morgan fingerprint density at radius 1 is 0.429 bits per heavy atom. The number of hydrogen-bond acceptors (Lipinski definition) is 0. The highest BCUT2D eigenvalue weighted by atomic mass is 14.1. The van der Waals surface area contributed by atoms with Crippen molar-refractivity contribution >= 4 is 43.1 Å². The smallest absolute Gasteiger partial charge is 0.00986 e. The summed E-state index contributed by atoms with van der Waals surface area (Å²) in [7, 11) is 0. The largest absolute Gasteiger partial charge is 0.0616 e. The molecule has 0 aliphatic rings. The van der Waals surface area contributed by atoms with Crippen molar-refractivity contribution in [2.75, 3.05) is 0 Å². The molecule has 0 unspecified atom stereocenters. The van der Waals surface area contributed by atoms with E-state index in [0.717, 1.165) is 0 Å². The van der Waals surface area contributed by atoms with Crippen molar-refractivity contribution in [3.63, 3.8) is 0 Å². The van der Waals surface area contributed by atoms with Gasteiger partial charge in [-0.05, 0) is 84.5 Å². The van der Waals surface area contributed by atoms with Crippen LogP contribution in [0.4, 0.5) is 0 Å².